The molecule has 0 aliphatic rings. The van der Waals surface area contributed by atoms with E-state index in [-0.39, 0.29) is 6.54 Å². The van der Waals surface area contributed by atoms with E-state index >= 15 is 0 Å². The van der Waals surface area contributed by atoms with Gasteiger partial charge in [-0.15, -0.1) is 0 Å². The molecule has 6 heteroatoms. The molecule has 3 N–H and O–H groups in total. The molecule has 16 heavy (non-hydrogen) atoms. The van der Waals surface area contributed by atoms with E-state index in [0.717, 1.165) is 0 Å². The fraction of sp³-hybridized carbons (Fsp3) is 0.800. The van der Waals surface area contributed by atoms with Gasteiger partial charge in [-0.25, -0.2) is 4.79 Å². The van der Waals surface area contributed by atoms with Crippen LogP contribution in [0.4, 0.5) is 4.79 Å². The van der Waals surface area contributed by atoms with Crippen molar-refractivity contribution in [3.63, 3.8) is 0 Å². The predicted octanol–water partition coefficient (Wildman–Crippen LogP) is 0.574. The quantitative estimate of drug-likeness (QED) is 0.645. The number of amides is 1. The van der Waals surface area contributed by atoms with E-state index in [4.69, 9.17) is 9.84 Å². The van der Waals surface area contributed by atoms with E-state index in [1.807, 2.05) is 0 Å². The van der Waals surface area contributed by atoms with Crippen molar-refractivity contribution in [2.45, 2.75) is 38.8 Å². The molecule has 1 atom stereocenters. The van der Waals surface area contributed by atoms with Crippen molar-refractivity contribution in [1.82, 2.24) is 10.6 Å². The monoisotopic (exact) mass is 232 g/mol. The van der Waals surface area contributed by atoms with Crippen LogP contribution in [0.3, 0.4) is 0 Å². The largest absolute Gasteiger partial charge is 0.480 e. The molecule has 0 heterocycles. The number of hydrogen-bond acceptors (Lipinski definition) is 4. The molecule has 0 aromatic heterocycles. The number of aliphatic carboxylic acids is 1. The second-order valence-corrected chi connectivity index (χ2v) is 4.40. The number of rotatable bonds is 5. The van der Waals surface area contributed by atoms with Crippen LogP contribution in [0, 0.1) is 0 Å². The molecule has 0 radical (unpaired) electrons. The molecule has 0 rings (SSSR count). The maximum absolute atomic E-state index is 11.2. The molecule has 0 aliphatic carbocycles. The van der Waals surface area contributed by atoms with Crippen LogP contribution in [-0.4, -0.2) is 42.4 Å². The molecular formula is C10H20N2O4. The summed E-state index contributed by atoms with van der Waals surface area (Å²) in [5, 5.41) is 13.8. The number of likely N-dealkylation sites (N-methyl/N-ethyl adjacent to an activating group) is 1. The van der Waals surface area contributed by atoms with Crippen molar-refractivity contribution in [3.8, 4) is 0 Å². The minimum Gasteiger partial charge on any atom is -0.480 e. The van der Waals surface area contributed by atoms with Crippen LogP contribution in [0.2, 0.25) is 0 Å². The lowest BCUT2D eigenvalue weighted by atomic mass is 10.2. The molecule has 94 valence electrons. The average molecular weight is 232 g/mol. The van der Waals surface area contributed by atoms with Gasteiger partial charge in [-0.1, -0.05) is 0 Å². The normalized spacial score (nSPS) is 13.0. The van der Waals surface area contributed by atoms with Crippen LogP contribution in [0.1, 0.15) is 27.2 Å². The number of carbonyl (C=O) groups excluding carboxylic acids is 1. The summed E-state index contributed by atoms with van der Waals surface area (Å²) < 4.78 is 5.00. The fourth-order valence-corrected chi connectivity index (χ4v) is 1.02. The van der Waals surface area contributed by atoms with Crippen molar-refractivity contribution in [2.24, 2.45) is 0 Å². The van der Waals surface area contributed by atoms with Crippen LogP contribution in [0.25, 0.3) is 0 Å². The number of alkyl carbamates (subject to hydrolysis) is 1. The van der Waals surface area contributed by atoms with Crippen molar-refractivity contribution >= 4 is 12.1 Å². The minimum atomic E-state index is -0.937. The SMILES string of the molecule is CN[C@@H](CCNC(=O)OC(C)(C)C)C(=O)O. The van der Waals surface area contributed by atoms with E-state index in [9.17, 15) is 9.59 Å². The van der Waals surface area contributed by atoms with Gasteiger partial charge in [-0.2, -0.15) is 0 Å². The van der Waals surface area contributed by atoms with Gasteiger partial charge in [0.1, 0.15) is 11.6 Å². The number of carboxylic acids is 1. The van der Waals surface area contributed by atoms with Crippen LogP contribution in [0.15, 0.2) is 0 Å². The van der Waals surface area contributed by atoms with E-state index in [1.54, 1.807) is 27.8 Å². The van der Waals surface area contributed by atoms with Gasteiger partial charge >= 0.3 is 12.1 Å². The molecule has 0 fully saturated rings. The predicted molar refractivity (Wildman–Crippen MR) is 59.3 cm³/mol. The maximum atomic E-state index is 11.2. The third-order valence-electron chi connectivity index (χ3n) is 1.75. The van der Waals surface area contributed by atoms with Crippen molar-refractivity contribution in [3.05, 3.63) is 0 Å². The zero-order valence-electron chi connectivity index (χ0n) is 10.2. The summed E-state index contributed by atoms with van der Waals surface area (Å²) in [6.07, 6.45) is -0.224. The smallest absolute Gasteiger partial charge is 0.407 e. The first-order chi connectivity index (χ1) is 7.26. The lowest BCUT2D eigenvalue weighted by Crippen LogP contribution is -2.39. The Hall–Kier alpha value is -1.30. The van der Waals surface area contributed by atoms with Crippen molar-refractivity contribution < 1.29 is 19.4 Å². The number of ether oxygens (including phenoxy) is 1. The fourth-order valence-electron chi connectivity index (χ4n) is 1.02. The molecule has 0 aliphatic heterocycles. The van der Waals surface area contributed by atoms with Crippen molar-refractivity contribution in [1.29, 1.82) is 0 Å². The van der Waals surface area contributed by atoms with Crippen LogP contribution in [-0.2, 0) is 9.53 Å². The van der Waals surface area contributed by atoms with E-state index in [1.165, 1.54) is 0 Å². The second kappa shape index (κ2) is 6.32. The van der Waals surface area contributed by atoms with Gasteiger partial charge in [0, 0.05) is 6.54 Å². The van der Waals surface area contributed by atoms with Gasteiger partial charge in [0.05, 0.1) is 0 Å². The van der Waals surface area contributed by atoms with E-state index < -0.39 is 23.7 Å². The molecule has 6 nitrogen and oxygen atoms in total. The van der Waals surface area contributed by atoms with Crippen LogP contribution < -0.4 is 10.6 Å². The highest BCUT2D eigenvalue weighted by molar-refractivity contribution is 5.73. The molecular weight excluding hydrogens is 212 g/mol. The topological polar surface area (TPSA) is 87.7 Å². The summed E-state index contributed by atoms with van der Waals surface area (Å²) in [5.41, 5.74) is -0.542. The molecule has 0 aromatic carbocycles. The Kier molecular flexibility index (Phi) is 5.81. The zero-order valence-corrected chi connectivity index (χ0v) is 10.2. The number of carboxylic acid groups (broad SMARTS) is 1. The van der Waals surface area contributed by atoms with Gasteiger partial charge in [-0.3, -0.25) is 4.79 Å². The lowest BCUT2D eigenvalue weighted by Gasteiger charge is -2.20. The Morgan fingerprint density at radius 1 is 1.38 bits per heavy atom. The van der Waals surface area contributed by atoms with Gasteiger partial charge in [0.25, 0.3) is 0 Å². The minimum absolute atomic E-state index is 0.257. The number of carbonyl (C=O) groups is 2. The molecule has 0 saturated carbocycles. The Morgan fingerprint density at radius 2 is 1.94 bits per heavy atom. The highest BCUT2D eigenvalue weighted by atomic mass is 16.6. The second-order valence-electron chi connectivity index (χ2n) is 4.40. The molecule has 1 amide bonds. The third-order valence-corrected chi connectivity index (χ3v) is 1.75. The highest BCUT2D eigenvalue weighted by Gasteiger charge is 2.17. The molecule has 0 aromatic rings. The molecule has 0 spiro atoms. The molecule has 0 saturated heterocycles. The van der Waals surface area contributed by atoms with Crippen molar-refractivity contribution in [2.75, 3.05) is 13.6 Å². The summed E-state index contributed by atoms with van der Waals surface area (Å²) >= 11 is 0. The van der Waals surface area contributed by atoms with Crippen LogP contribution >= 0.6 is 0 Å². The summed E-state index contributed by atoms with van der Waals surface area (Å²) in [7, 11) is 1.56. The van der Waals surface area contributed by atoms with E-state index in [2.05, 4.69) is 10.6 Å². The summed E-state index contributed by atoms with van der Waals surface area (Å²) in [4.78, 5) is 21.8. The summed E-state index contributed by atoms with van der Waals surface area (Å²) in [5.74, 6) is -0.937. The first-order valence-corrected chi connectivity index (χ1v) is 5.13. The number of hydrogen-bond donors (Lipinski definition) is 3. The Bertz CT molecular complexity index is 248. The number of nitrogens with one attached hydrogen (secondary N) is 2. The first kappa shape index (κ1) is 14.7. The molecule has 0 unspecified atom stereocenters. The van der Waals surface area contributed by atoms with Gasteiger partial charge in [-0.05, 0) is 34.2 Å². The Labute approximate surface area is 95.4 Å². The Morgan fingerprint density at radius 3 is 2.31 bits per heavy atom. The lowest BCUT2D eigenvalue weighted by molar-refractivity contribution is -0.139. The van der Waals surface area contributed by atoms with Crippen LogP contribution in [0.5, 0.6) is 0 Å². The maximum Gasteiger partial charge on any atom is 0.407 e. The molecule has 0 bridgehead atoms. The summed E-state index contributed by atoms with van der Waals surface area (Å²) in [6, 6.07) is -0.657. The van der Waals surface area contributed by atoms with E-state index in [0.29, 0.717) is 6.42 Å². The standard InChI is InChI=1S/C10H20N2O4/c1-10(2,3)16-9(15)12-6-5-7(11-4)8(13)14/h7,11H,5-6H2,1-4H3,(H,12,15)(H,13,14)/t7-/m0/s1. The van der Waals surface area contributed by atoms with Gasteiger partial charge in [0.2, 0.25) is 0 Å². The van der Waals surface area contributed by atoms with Gasteiger partial charge < -0.3 is 20.5 Å². The highest BCUT2D eigenvalue weighted by Crippen LogP contribution is 2.06. The first-order valence-electron chi connectivity index (χ1n) is 5.13. The Balaban J connectivity index is 3.81. The third kappa shape index (κ3) is 7.05. The van der Waals surface area contributed by atoms with Gasteiger partial charge in [0.15, 0.2) is 0 Å². The average Bonchev–Trinajstić information content (AvgIpc) is 2.08. The summed E-state index contributed by atoms with van der Waals surface area (Å²) in [6.45, 7) is 5.55. The zero-order chi connectivity index (χ0) is 12.8.